The van der Waals surface area contributed by atoms with Gasteiger partial charge in [0.05, 0.1) is 28.3 Å². The minimum atomic E-state index is -4.50. The first-order valence-corrected chi connectivity index (χ1v) is 5.61. The van der Waals surface area contributed by atoms with Gasteiger partial charge in [-0.15, -0.1) is 11.6 Å². The van der Waals surface area contributed by atoms with Crippen molar-refractivity contribution in [1.82, 2.24) is 0 Å². The maximum Gasteiger partial charge on any atom is 0.417 e. The Kier molecular flexibility index (Phi) is 4.91. The van der Waals surface area contributed by atoms with Crippen molar-refractivity contribution in [1.29, 1.82) is 0 Å². The van der Waals surface area contributed by atoms with Crippen molar-refractivity contribution >= 4 is 28.9 Å². The summed E-state index contributed by atoms with van der Waals surface area (Å²) in [5.41, 5.74) is -0.796. The molecule has 0 aliphatic carbocycles. The molecule has 7 heteroatoms. The van der Waals surface area contributed by atoms with E-state index in [9.17, 15) is 18.3 Å². The summed E-state index contributed by atoms with van der Waals surface area (Å²) in [6.45, 7) is 0.0323. The van der Waals surface area contributed by atoms with Gasteiger partial charge in [-0.05, 0) is 12.1 Å². The molecule has 0 aliphatic rings. The number of rotatable bonds is 4. The van der Waals surface area contributed by atoms with Gasteiger partial charge < -0.3 is 10.4 Å². The summed E-state index contributed by atoms with van der Waals surface area (Å²) in [5, 5.41) is 11.4. The monoisotopic (exact) mass is 287 g/mol. The van der Waals surface area contributed by atoms with Crippen LogP contribution in [-0.4, -0.2) is 23.6 Å². The molecule has 0 fully saturated rings. The molecule has 2 N–H and O–H groups in total. The number of aliphatic hydroxyl groups excluding tert-OH is 1. The fourth-order valence-electron chi connectivity index (χ4n) is 1.17. The number of aliphatic hydroxyl groups is 1. The number of anilines is 1. The van der Waals surface area contributed by atoms with E-state index in [4.69, 9.17) is 23.2 Å². The molecule has 0 heterocycles. The average molecular weight is 288 g/mol. The Hall–Kier alpha value is -0.650. The van der Waals surface area contributed by atoms with Gasteiger partial charge in [-0.3, -0.25) is 0 Å². The van der Waals surface area contributed by atoms with Crippen molar-refractivity contribution in [3.8, 4) is 0 Å². The lowest BCUT2D eigenvalue weighted by atomic mass is 10.2. The SMILES string of the molecule is OC(CCl)CNc1cccc(C(F)(F)F)c1Cl. The zero-order valence-corrected chi connectivity index (χ0v) is 10.1. The normalized spacial score (nSPS) is 13.5. The van der Waals surface area contributed by atoms with Gasteiger partial charge in [0.15, 0.2) is 0 Å². The number of hydrogen-bond acceptors (Lipinski definition) is 2. The van der Waals surface area contributed by atoms with E-state index >= 15 is 0 Å². The maximum atomic E-state index is 12.5. The van der Waals surface area contributed by atoms with E-state index < -0.39 is 22.9 Å². The van der Waals surface area contributed by atoms with E-state index in [1.165, 1.54) is 12.1 Å². The van der Waals surface area contributed by atoms with Crippen LogP contribution in [0.4, 0.5) is 18.9 Å². The second-order valence-electron chi connectivity index (χ2n) is 3.35. The zero-order chi connectivity index (χ0) is 13.1. The number of benzene rings is 1. The van der Waals surface area contributed by atoms with Gasteiger partial charge in [-0.25, -0.2) is 0 Å². The highest BCUT2D eigenvalue weighted by atomic mass is 35.5. The molecule has 1 unspecified atom stereocenters. The third-order valence-corrected chi connectivity index (χ3v) is 2.77. The number of alkyl halides is 4. The molecule has 0 aliphatic heterocycles. The number of halogens is 5. The molecule has 1 atom stereocenters. The van der Waals surface area contributed by atoms with E-state index in [2.05, 4.69) is 5.32 Å². The molecular weight excluding hydrogens is 278 g/mol. The molecule has 0 bridgehead atoms. The minimum absolute atomic E-state index is 0.0103. The Labute approximate surface area is 106 Å². The summed E-state index contributed by atoms with van der Waals surface area (Å²) >= 11 is 11.0. The second kappa shape index (κ2) is 5.80. The number of hydrogen-bond donors (Lipinski definition) is 2. The summed E-state index contributed by atoms with van der Waals surface area (Å²) in [4.78, 5) is 0. The quantitative estimate of drug-likeness (QED) is 0.833. The molecule has 0 radical (unpaired) electrons. The molecule has 17 heavy (non-hydrogen) atoms. The van der Waals surface area contributed by atoms with Crippen LogP contribution in [0.2, 0.25) is 5.02 Å². The Morgan fingerprint density at radius 3 is 2.53 bits per heavy atom. The molecule has 0 amide bonds. The van der Waals surface area contributed by atoms with E-state index in [1.807, 2.05) is 0 Å². The highest BCUT2D eigenvalue weighted by Crippen LogP contribution is 2.38. The van der Waals surface area contributed by atoms with Gasteiger partial charge in [-0.2, -0.15) is 13.2 Å². The van der Waals surface area contributed by atoms with Gasteiger partial charge in [0, 0.05) is 6.54 Å². The average Bonchev–Trinajstić information content (AvgIpc) is 2.25. The lowest BCUT2D eigenvalue weighted by Gasteiger charge is -2.15. The van der Waals surface area contributed by atoms with Crippen molar-refractivity contribution in [2.24, 2.45) is 0 Å². The van der Waals surface area contributed by atoms with Crippen LogP contribution in [0.5, 0.6) is 0 Å². The predicted molar refractivity (Wildman–Crippen MR) is 61.7 cm³/mol. The second-order valence-corrected chi connectivity index (χ2v) is 4.04. The summed E-state index contributed by atoms with van der Waals surface area (Å²) in [6, 6.07) is 3.54. The standard InChI is InChI=1S/C10H10Cl2F3NO/c11-4-6(17)5-16-8-3-1-2-7(9(8)12)10(13,14)15/h1-3,6,16-17H,4-5H2. The first-order chi connectivity index (χ1) is 7.86. The zero-order valence-electron chi connectivity index (χ0n) is 8.56. The summed E-state index contributed by atoms with van der Waals surface area (Å²) in [6.07, 6.45) is -5.35. The van der Waals surface area contributed by atoms with E-state index in [0.717, 1.165) is 6.07 Å². The fourth-order valence-corrected chi connectivity index (χ4v) is 1.58. The molecule has 1 rings (SSSR count). The van der Waals surface area contributed by atoms with E-state index in [-0.39, 0.29) is 18.1 Å². The molecule has 0 spiro atoms. The summed E-state index contributed by atoms with van der Waals surface area (Å²) < 4.78 is 37.5. The Balaban J connectivity index is 2.88. The van der Waals surface area contributed by atoms with Crippen molar-refractivity contribution in [2.45, 2.75) is 12.3 Å². The molecule has 0 saturated heterocycles. The predicted octanol–water partition coefficient (Wildman–Crippen LogP) is 3.37. The Morgan fingerprint density at radius 1 is 1.35 bits per heavy atom. The van der Waals surface area contributed by atoms with Gasteiger partial charge >= 0.3 is 6.18 Å². The van der Waals surface area contributed by atoms with Crippen LogP contribution in [0, 0.1) is 0 Å². The molecule has 1 aromatic carbocycles. The molecule has 0 aromatic heterocycles. The smallest absolute Gasteiger partial charge is 0.390 e. The van der Waals surface area contributed by atoms with Gasteiger partial charge in [0.2, 0.25) is 0 Å². The molecular formula is C10H10Cl2F3NO. The topological polar surface area (TPSA) is 32.3 Å². The van der Waals surface area contributed by atoms with Crippen LogP contribution >= 0.6 is 23.2 Å². The van der Waals surface area contributed by atoms with Gasteiger partial charge in [0.1, 0.15) is 0 Å². The molecule has 2 nitrogen and oxygen atoms in total. The lowest BCUT2D eigenvalue weighted by molar-refractivity contribution is -0.137. The van der Waals surface area contributed by atoms with E-state index in [1.54, 1.807) is 0 Å². The van der Waals surface area contributed by atoms with Crippen molar-refractivity contribution in [3.05, 3.63) is 28.8 Å². The van der Waals surface area contributed by atoms with Gasteiger partial charge in [-0.1, -0.05) is 17.7 Å². The fraction of sp³-hybridized carbons (Fsp3) is 0.400. The van der Waals surface area contributed by atoms with Crippen LogP contribution in [0.1, 0.15) is 5.56 Å². The molecule has 96 valence electrons. The van der Waals surface area contributed by atoms with Crippen LogP contribution in [-0.2, 0) is 6.18 Å². The summed E-state index contributed by atoms with van der Waals surface area (Å²) in [5.74, 6) is -0.0103. The highest BCUT2D eigenvalue weighted by molar-refractivity contribution is 6.34. The third kappa shape index (κ3) is 3.94. The highest BCUT2D eigenvalue weighted by Gasteiger charge is 2.33. The first-order valence-electron chi connectivity index (χ1n) is 4.70. The van der Waals surface area contributed by atoms with Crippen molar-refractivity contribution in [3.63, 3.8) is 0 Å². The van der Waals surface area contributed by atoms with Crippen LogP contribution < -0.4 is 5.32 Å². The first kappa shape index (κ1) is 14.4. The maximum absolute atomic E-state index is 12.5. The molecule has 0 saturated carbocycles. The minimum Gasteiger partial charge on any atom is -0.390 e. The van der Waals surface area contributed by atoms with Crippen molar-refractivity contribution < 1.29 is 18.3 Å². The van der Waals surface area contributed by atoms with E-state index in [0.29, 0.717) is 0 Å². The Bertz CT molecular complexity index is 384. The largest absolute Gasteiger partial charge is 0.417 e. The molecule has 1 aromatic rings. The summed E-state index contributed by atoms with van der Waals surface area (Å²) in [7, 11) is 0. The number of nitrogens with one attached hydrogen (secondary N) is 1. The van der Waals surface area contributed by atoms with Crippen LogP contribution in [0.25, 0.3) is 0 Å². The van der Waals surface area contributed by atoms with Crippen molar-refractivity contribution in [2.75, 3.05) is 17.7 Å². The van der Waals surface area contributed by atoms with Crippen LogP contribution in [0.15, 0.2) is 18.2 Å². The lowest BCUT2D eigenvalue weighted by Crippen LogP contribution is -2.21. The Morgan fingerprint density at radius 2 is 2.00 bits per heavy atom. The third-order valence-electron chi connectivity index (χ3n) is 2.01. The van der Waals surface area contributed by atoms with Crippen LogP contribution in [0.3, 0.4) is 0 Å². The van der Waals surface area contributed by atoms with Gasteiger partial charge in [0.25, 0.3) is 0 Å².